The van der Waals surface area contributed by atoms with Crippen LogP contribution < -0.4 is 27.0 Å². The number of thioether (sulfide) groups is 1. The number of hydrogen-bond donors (Lipinski definition) is 7. The van der Waals surface area contributed by atoms with Crippen LogP contribution in [-0.4, -0.2) is 87.4 Å². The van der Waals surface area contributed by atoms with Crippen molar-refractivity contribution in [2.24, 2.45) is 5.73 Å². The van der Waals surface area contributed by atoms with E-state index in [1.165, 1.54) is 24.3 Å². The molecule has 2 heterocycles. The molecule has 194 valence electrons. The summed E-state index contributed by atoms with van der Waals surface area (Å²) in [5.74, 6) is -3.05. The first kappa shape index (κ1) is 28.1. The van der Waals surface area contributed by atoms with Gasteiger partial charge < -0.3 is 37.1 Å². The Balaban J connectivity index is 2.09. The smallest absolute Gasteiger partial charge is 0.326 e. The van der Waals surface area contributed by atoms with Crippen molar-refractivity contribution in [1.29, 1.82) is 0 Å². The van der Waals surface area contributed by atoms with Crippen LogP contribution in [0.3, 0.4) is 0 Å². The van der Waals surface area contributed by atoms with E-state index in [0.717, 1.165) is 6.42 Å². The second-order valence-corrected chi connectivity index (χ2v) is 9.22. The first-order valence-electron chi connectivity index (χ1n) is 11.3. The van der Waals surface area contributed by atoms with Gasteiger partial charge in [-0.25, -0.2) is 9.78 Å². The number of aromatic amines is 1. The second kappa shape index (κ2) is 14.3. The molecule has 35 heavy (non-hydrogen) atoms. The molecule has 0 spiro atoms. The molecule has 8 N–H and O–H groups in total. The molecule has 0 saturated carbocycles. The van der Waals surface area contributed by atoms with Gasteiger partial charge in [0.1, 0.15) is 18.1 Å². The molecule has 1 aliphatic rings. The number of carbonyl (C=O) groups excluding carboxylic acids is 4. The van der Waals surface area contributed by atoms with Gasteiger partial charge in [0.25, 0.3) is 0 Å². The van der Waals surface area contributed by atoms with Crippen LogP contribution in [0.4, 0.5) is 0 Å². The van der Waals surface area contributed by atoms with Gasteiger partial charge in [-0.2, -0.15) is 11.8 Å². The minimum Gasteiger partial charge on any atom is -0.480 e. The molecule has 1 saturated heterocycles. The Labute approximate surface area is 207 Å². The van der Waals surface area contributed by atoms with Gasteiger partial charge in [0, 0.05) is 24.7 Å². The summed E-state index contributed by atoms with van der Waals surface area (Å²) in [6.45, 7) is 0.691. The Morgan fingerprint density at radius 2 is 1.83 bits per heavy atom. The molecule has 4 unspecified atom stereocenters. The summed E-state index contributed by atoms with van der Waals surface area (Å²) in [7, 11) is 0. The van der Waals surface area contributed by atoms with Crippen LogP contribution in [0.1, 0.15) is 37.8 Å². The van der Waals surface area contributed by atoms with Gasteiger partial charge in [0.15, 0.2) is 0 Å². The number of amides is 4. The summed E-state index contributed by atoms with van der Waals surface area (Å²) in [6, 6.07) is -3.80. The number of aromatic nitrogens is 2. The van der Waals surface area contributed by atoms with E-state index >= 15 is 0 Å². The first-order chi connectivity index (χ1) is 16.7. The maximum absolute atomic E-state index is 13.0. The van der Waals surface area contributed by atoms with Crippen LogP contribution >= 0.6 is 11.8 Å². The van der Waals surface area contributed by atoms with Gasteiger partial charge in [0.2, 0.25) is 23.6 Å². The standard InChI is InChI=1S/C21H33N7O6S/c1-35-8-6-15(20(32)28-16(21(33)34)9-12-10-23-11-25-12)27-19(31)14(4-5-17(22)29)26-18(30)13-3-2-7-24-13/h10-11,13-16,24H,2-9H2,1H3,(H2,22,29)(H,23,25)(H,26,30)(H,27,31)(H,28,32)(H,33,34). The lowest BCUT2D eigenvalue weighted by Crippen LogP contribution is -2.57. The van der Waals surface area contributed by atoms with Gasteiger partial charge in [-0.3, -0.25) is 19.2 Å². The van der Waals surface area contributed by atoms with Crippen molar-refractivity contribution < 1.29 is 29.1 Å². The fourth-order valence-corrected chi connectivity index (χ4v) is 4.07. The largest absolute Gasteiger partial charge is 0.480 e. The predicted octanol–water partition coefficient (Wildman–Crippen LogP) is -1.74. The molecule has 0 radical (unpaired) electrons. The first-order valence-corrected chi connectivity index (χ1v) is 12.7. The topological polar surface area (TPSA) is 208 Å². The normalized spacial score (nSPS) is 17.7. The molecular weight excluding hydrogens is 478 g/mol. The average Bonchev–Trinajstić information content (AvgIpc) is 3.52. The minimum atomic E-state index is -1.24. The summed E-state index contributed by atoms with van der Waals surface area (Å²) in [6.07, 6.45) is 6.19. The van der Waals surface area contributed by atoms with Gasteiger partial charge in [-0.15, -0.1) is 0 Å². The van der Waals surface area contributed by atoms with E-state index < -0.39 is 47.9 Å². The maximum atomic E-state index is 13.0. The Morgan fingerprint density at radius 1 is 1.14 bits per heavy atom. The third-order valence-corrected chi connectivity index (χ3v) is 6.17. The van der Waals surface area contributed by atoms with Crippen molar-refractivity contribution in [2.45, 2.75) is 62.7 Å². The van der Waals surface area contributed by atoms with E-state index in [1.54, 1.807) is 0 Å². The number of H-pyrrole nitrogens is 1. The highest BCUT2D eigenvalue weighted by Crippen LogP contribution is 2.08. The number of hydrogen-bond acceptors (Lipinski definition) is 8. The number of carboxylic acid groups (broad SMARTS) is 1. The fourth-order valence-electron chi connectivity index (χ4n) is 3.60. The number of aliphatic carboxylic acids is 1. The second-order valence-electron chi connectivity index (χ2n) is 8.24. The van der Waals surface area contributed by atoms with Gasteiger partial charge in [-0.05, 0) is 44.2 Å². The number of nitrogens with one attached hydrogen (secondary N) is 5. The monoisotopic (exact) mass is 511 g/mol. The zero-order chi connectivity index (χ0) is 25.8. The van der Waals surface area contributed by atoms with Crippen molar-refractivity contribution >= 4 is 41.4 Å². The number of carboxylic acids is 1. The Bertz CT molecular complexity index is 876. The number of nitrogens with zero attached hydrogens (tertiary/aromatic N) is 1. The maximum Gasteiger partial charge on any atom is 0.326 e. The van der Waals surface area contributed by atoms with Gasteiger partial charge >= 0.3 is 5.97 Å². The van der Waals surface area contributed by atoms with Crippen LogP contribution in [0.25, 0.3) is 0 Å². The summed E-state index contributed by atoms with van der Waals surface area (Å²) in [5, 5.41) is 20.3. The van der Waals surface area contributed by atoms with Crippen LogP contribution in [0.2, 0.25) is 0 Å². The molecule has 0 aliphatic carbocycles. The minimum absolute atomic E-state index is 0.0179. The summed E-state index contributed by atoms with van der Waals surface area (Å²) in [4.78, 5) is 68.1. The number of rotatable bonds is 15. The van der Waals surface area contributed by atoms with Crippen LogP contribution in [-0.2, 0) is 30.4 Å². The lowest BCUT2D eigenvalue weighted by Gasteiger charge is -2.25. The number of nitrogens with two attached hydrogens (primary N) is 1. The third kappa shape index (κ3) is 9.56. The quantitative estimate of drug-likeness (QED) is 0.142. The fraction of sp³-hybridized carbons (Fsp3) is 0.619. The number of imidazole rings is 1. The molecule has 1 fully saturated rings. The number of carbonyl (C=O) groups is 5. The third-order valence-electron chi connectivity index (χ3n) is 5.53. The van der Waals surface area contributed by atoms with Crippen molar-refractivity contribution in [3.63, 3.8) is 0 Å². The zero-order valence-electron chi connectivity index (χ0n) is 19.5. The molecule has 4 atom stereocenters. The highest BCUT2D eigenvalue weighted by Gasteiger charge is 2.31. The molecule has 1 aromatic heterocycles. The Kier molecular flexibility index (Phi) is 11.5. The molecule has 13 nitrogen and oxygen atoms in total. The van der Waals surface area contributed by atoms with Crippen molar-refractivity contribution in [3.8, 4) is 0 Å². The van der Waals surface area contributed by atoms with E-state index in [4.69, 9.17) is 5.73 Å². The Hall–Kier alpha value is -3.13. The van der Waals surface area contributed by atoms with Crippen LogP contribution in [0.15, 0.2) is 12.5 Å². The molecule has 1 aromatic rings. The molecule has 4 amide bonds. The van der Waals surface area contributed by atoms with Crippen LogP contribution in [0.5, 0.6) is 0 Å². The summed E-state index contributed by atoms with van der Waals surface area (Å²) >= 11 is 1.45. The molecule has 0 bridgehead atoms. The summed E-state index contributed by atoms with van der Waals surface area (Å²) < 4.78 is 0. The molecule has 1 aliphatic heterocycles. The highest BCUT2D eigenvalue weighted by molar-refractivity contribution is 7.98. The zero-order valence-corrected chi connectivity index (χ0v) is 20.4. The lowest BCUT2D eigenvalue weighted by molar-refractivity contribution is -0.142. The van der Waals surface area contributed by atoms with E-state index in [0.29, 0.717) is 24.4 Å². The van der Waals surface area contributed by atoms with E-state index in [1.807, 2.05) is 6.26 Å². The molecular formula is C21H33N7O6S. The SMILES string of the molecule is CSCCC(NC(=O)C(CCC(N)=O)NC(=O)C1CCCN1)C(=O)NC(Cc1cnc[nH]1)C(=O)O. The van der Waals surface area contributed by atoms with E-state index in [9.17, 15) is 29.1 Å². The van der Waals surface area contributed by atoms with Crippen molar-refractivity contribution in [2.75, 3.05) is 18.6 Å². The highest BCUT2D eigenvalue weighted by atomic mass is 32.2. The van der Waals surface area contributed by atoms with E-state index in [-0.39, 0.29) is 31.6 Å². The van der Waals surface area contributed by atoms with Gasteiger partial charge in [-0.1, -0.05) is 0 Å². The van der Waals surface area contributed by atoms with Crippen molar-refractivity contribution in [3.05, 3.63) is 18.2 Å². The number of primary amides is 1. The molecule has 2 rings (SSSR count). The molecule has 0 aromatic carbocycles. The average molecular weight is 512 g/mol. The van der Waals surface area contributed by atoms with Gasteiger partial charge in [0.05, 0.1) is 12.4 Å². The summed E-state index contributed by atoms with van der Waals surface area (Å²) in [5.41, 5.74) is 5.75. The van der Waals surface area contributed by atoms with E-state index in [2.05, 4.69) is 31.2 Å². The van der Waals surface area contributed by atoms with Crippen molar-refractivity contribution in [1.82, 2.24) is 31.2 Å². The Morgan fingerprint density at radius 3 is 2.37 bits per heavy atom. The lowest BCUT2D eigenvalue weighted by atomic mass is 10.1. The van der Waals surface area contributed by atoms with Crippen LogP contribution in [0, 0.1) is 0 Å². The predicted molar refractivity (Wildman–Crippen MR) is 128 cm³/mol. The molecule has 14 heteroatoms.